The van der Waals surface area contributed by atoms with Crippen LogP contribution in [0.25, 0.3) is 16.7 Å². The number of carboxylic acid groups (broad SMARTS) is 1. The third kappa shape index (κ3) is 4.18. The van der Waals surface area contributed by atoms with Gasteiger partial charge in [0.2, 0.25) is 0 Å². The van der Waals surface area contributed by atoms with E-state index in [2.05, 4.69) is 10.2 Å². The summed E-state index contributed by atoms with van der Waals surface area (Å²) in [7, 11) is 0. The number of fused-ring (bicyclic) bond motifs is 1. The van der Waals surface area contributed by atoms with Gasteiger partial charge < -0.3 is 15.0 Å². The SMILES string of the molecule is CC(C)(C)c1cc(CCC(=O)[O-])cc(-n2nc3cccc(C(F)(F)F)c3n2)c1O. The Hall–Kier alpha value is -3.10. The smallest absolute Gasteiger partial charge is 0.418 e. The van der Waals surface area contributed by atoms with Gasteiger partial charge in [-0.2, -0.15) is 13.2 Å². The number of carbonyl (C=O) groups excluding carboxylic acids is 1. The topological polar surface area (TPSA) is 91.1 Å². The van der Waals surface area contributed by atoms with Crippen LogP contribution in [0.3, 0.4) is 0 Å². The van der Waals surface area contributed by atoms with Gasteiger partial charge in [-0.25, -0.2) is 0 Å². The van der Waals surface area contributed by atoms with E-state index in [1.54, 1.807) is 6.07 Å². The van der Waals surface area contributed by atoms with Crippen molar-refractivity contribution in [2.75, 3.05) is 0 Å². The lowest BCUT2D eigenvalue weighted by atomic mass is 9.84. The van der Waals surface area contributed by atoms with Crippen LogP contribution < -0.4 is 5.11 Å². The van der Waals surface area contributed by atoms with Crippen LogP contribution in [0.15, 0.2) is 30.3 Å². The highest BCUT2D eigenvalue weighted by atomic mass is 19.4. The average Bonchev–Trinajstić information content (AvgIpc) is 3.02. The monoisotopic (exact) mass is 406 g/mol. The molecule has 0 atom stereocenters. The Bertz CT molecular complexity index is 1080. The van der Waals surface area contributed by atoms with E-state index in [4.69, 9.17) is 0 Å². The van der Waals surface area contributed by atoms with E-state index in [1.807, 2.05) is 20.8 Å². The van der Waals surface area contributed by atoms with Gasteiger partial charge in [-0.3, -0.25) is 0 Å². The van der Waals surface area contributed by atoms with Gasteiger partial charge in [0.1, 0.15) is 22.5 Å². The first kappa shape index (κ1) is 20.6. The minimum absolute atomic E-state index is 0.0247. The summed E-state index contributed by atoms with van der Waals surface area (Å²) in [5, 5.41) is 29.7. The first-order valence-electron chi connectivity index (χ1n) is 8.88. The summed E-state index contributed by atoms with van der Waals surface area (Å²) in [6.07, 6.45) is -4.71. The van der Waals surface area contributed by atoms with Crippen LogP contribution in [-0.4, -0.2) is 26.1 Å². The van der Waals surface area contributed by atoms with Crippen molar-refractivity contribution in [3.8, 4) is 11.4 Å². The van der Waals surface area contributed by atoms with E-state index in [1.165, 1.54) is 18.2 Å². The maximum atomic E-state index is 13.3. The van der Waals surface area contributed by atoms with Crippen molar-refractivity contribution < 1.29 is 28.2 Å². The average molecular weight is 406 g/mol. The van der Waals surface area contributed by atoms with Crippen molar-refractivity contribution in [1.82, 2.24) is 15.0 Å². The Morgan fingerprint density at radius 3 is 2.41 bits per heavy atom. The van der Waals surface area contributed by atoms with Crippen molar-refractivity contribution in [1.29, 1.82) is 0 Å². The molecule has 29 heavy (non-hydrogen) atoms. The summed E-state index contributed by atoms with van der Waals surface area (Å²) < 4.78 is 39.8. The van der Waals surface area contributed by atoms with Gasteiger partial charge in [0, 0.05) is 11.5 Å². The summed E-state index contributed by atoms with van der Waals surface area (Å²) in [6.45, 7) is 5.55. The van der Waals surface area contributed by atoms with Crippen molar-refractivity contribution in [3.63, 3.8) is 0 Å². The molecule has 0 aliphatic heterocycles. The zero-order chi connectivity index (χ0) is 21.6. The summed E-state index contributed by atoms with van der Waals surface area (Å²) in [6, 6.07) is 6.69. The lowest BCUT2D eigenvalue weighted by Crippen LogP contribution is -2.22. The minimum atomic E-state index is -4.60. The van der Waals surface area contributed by atoms with Gasteiger partial charge in [-0.15, -0.1) is 15.0 Å². The fraction of sp³-hybridized carbons (Fsp3) is 0.350. The molecule has 3 rings (SSSR count). The van der Waals surface area contributed by atoms with Gasteiger partial charge in [0.05, 0.1) is 5.56 Å². The van der Waals surface area contributed by atoms with Crippen molar-refractivity contribution >= 4 is 17.0 Å². The first-order chi connectivity index (χ1) is 13.4. The third-order valence-electron chi connectivity index (χ3n) is 4.51. The van der Waals surface area contributed by atoms with E-state index in [0.29, 0.717) is 11.1 Å². The number of phenolic OH excluding ortho intramolecular Hbond substituents is 1. The van der Waals surface area contributed by atoms with E-state index < -0.39 is 23.1 Å². The molecule has 0 amide bonds. The maximum absolute atomic E-state index is 13.3. The standard InChI is InChI=1S/C20H20F3N3O3/c1-19(2,3)13-9-11(7-8-16(27)28)10-15(18(13)29)26-24-14-6-4-5-12(17(14)25-26)20(21,22)23/h4-6,9-10,29H,7-8H2,1-3H3,(H,27,28)/p-1. The molecule has 0 aliphatic carbocycles. The molecule has 0 saturated heterocycles. The highest BCUT2D eigenvalue weighted by Crippen LogP contribution is 2.38. The number of hydrogen-bond acceptors (Lipinski definition) is 5. The van der Waals surface area contributed by atoms with Crippen LogP contribution >= 0.6 is 0 Å². The van der Waals surface area contributed by atoms with Crippen LogP contribution in [0.1, 0.15) is 43.9 Å². The van der Waals surface area contributed by atoms with Crippen LogP contribution in [0, 0.1) is 0 Å². The van der Waals surface area contributed by atoms with Crippen molar-refractivity contribution in [2.45, 2.75) is 45.2 Å². The number of benzene rings is 2. The molecule has 0 spiro atoms. The number of phenols is 1. The predicted octanol–water partition coefficient (Wildman–Crippen LogP) is 3.12. The first-order valence-corrected chi connectivity index (χ1v) is 8.88. The number of aryl methyl sites for hydroxylation is 1. The zero-order valence-electron chi connectivity index (χ0n) is 16.0. The fourth-order valence-electron chi connectivity index (χ4n) is 3.07. The number of carboxylic acids is 1. The molecule has 0 bridgehead atoms. The molecule has 0 aliphatic rings. The Balaban J connectivity index is 2.21. The quantitative estimate of drug-likeness (QED) is 0.719. The third-order valence-corrected chi connectivity index (χ3v) is 4.51. The number of aromatic nitrogens is 3. The molecule has 154 valence electrons. The largest absolute Gasteiger partial charge is 0.550 e. The number of carbonyl (C=O) groups is 1. The molecule has 9 heteroatoms. The number of nitrogens with zero attached hydrogens (tertiary/aromatic N) is 3. The summed E-state index contributed by atoms with van der Waals surface area (Å²) >= 11 is 0. The van der Waals surface area contributed by atoms with Crippen LogP contribution in [0.4, 0.5) is 13.2 Å². The number of rotatable bonds is 4. The lowest BCUT2D eigenvalue weighted by molar-refractivity contribution is -0.305. The summed E-state index contributed by atoms with van der Waals surface area (Å²) in [5.41, 5.74) is -0.599. The van der Waals surface area contributed by atoms with E-state index in [0.717, 1.165) is 10.9 Å². The number of aliphatic carboxylic acids is 1. The molecule has 1 heterocycles. The molecule has 3 aromatic rings. The van der Waals surface area contributed by atoms with E-state index in [-0.39, 0.29) is 35.3 Å². The van der Waals surface area contributed by atoms with Crippen molar-refractivity contribution in [3.05, 3.63) is 47.0 Å². The Morgan fingerprint density at radius 1 is 1.14 bits per heavy atom. The fourth-order valence-corrected chi connectivity index (χ4v) is 3.07. The Morgan fingerprint density at radius 2 is 1.83 bits per heavy atom. The van der Waals surface area contributed by atoms with Crippen LogP contribution in [0.5, 0.6) is 5.75 Å². The van der Waals surface area contributed by atoms with Crippen LogP contribution in [-0.2, 0) is 22.8 Å². The molecule has 0 saturated carbocycles. The Kier molecular flexibility index (Phi) is 5.02. The summed E-state index contributed by atoms with van der Waals surface area (Å²) in [4.78, 5) is 11.8. The predicted molar refractivity (Wildman–Crippen MR) is 97.6 cm³/mol. The number of hydrogen-bond donors (Lipinski definition) is 1. The Labute approximate surface area is 164 Å². The highest BCUT2D eigenvalue weighted by molar-refractivity contribution is 5.78. The number of alkyl halides is 3. The minimum Gasteiger partial charge on any atom is -0.550 e. The van der Waals surface area contributed by atoms with Gasteiger partial charge in [0.15, 0.2) is 0 Å². The van der Waals surface area contributed by atoms with Crippen molar-refractivity contribution in [2.24, 2.45) is 0 Å². The second-order valence-electron chi connectivity index (χ2n) is 7.79. The normalized spacial score (nSPS) is 12.5. The van der Waals surface area contributed by atoms with Gasteiger partial charge >= 0.3 is 6.18 Å². The second kappa shape index (κ2) is 7.06. The zero-order valence-corrected chi connectivity index (χ0v) is 16.0. The second-order valence-corrected chi connectivity index (χ2v) is 7.79. The molecular weight excluding hydrogens is 387 g/mol. The van der Waals surface area contributed by atoms with Gasteiger partial charge in [-0.05, 0) is 42.0 Å². The molecule has 0 unspecified atom stereocenters. The van der Waals surface area contributed by atoms with Gasteiger partial charge in [-0.1, -0.05) is 32.9 Å². The molecule has 1 N–H and O–H groups in total. The molecule has 0 fully saturated rings. The highest BCUT2D eigenvalue weighted by Gasteiger charge is 2.34. The summed E-state index contributed by atoms with van der Waals surface area (Å²) in [5.74, 6) is -1.40. The van der Waals surface area contributed by atoms with Gasteiger partial charge in [0.25, 0.3) is 0 Å². The molecular formula is C20H19F3N3O3-. The molecule has 1 aromatic heterocycles. The molecule has 6 nitrogen and oxygen atoms in total. The number of aromatic hydroxyl groups is 1. The lowest BCUT2D eigenvalue weighted by Gasteiger charge is -2.23. The van der Waals surface area contributed by atoms with E-state index in [9.17, 15) is 28.2 Å². The number of halogens is 3. The maximum Gasteiger partial charge on any atom is 0.418 e. The molecule has 0 radical (unpaired) electrons. The van der Waals surface area contributed by atoms with E-state index >= 15 is 0 Å². The molecule has 2 aromatic carbocycles. The van der Waals surface area contributed by atoms with Crippen LogP contribution in [0.2, 0.25) is 0 Å².